The van der Waals surface area contributed by atoms with Gasteiger partial charge in [-0.15, -0.1) is 5.10 Å². The highest BCUT2D eigenvalue weighted by atomic mass is 32.2. The molecule has 2 aliphatic heterocycles. The van der Waals surface area contributed by atoms with E-state index in [9.17, 15) is 9.59 Å². The zero-order valence-electron chi connectivity index (χ0n) is 15.6. The van der Waals surface area contributed by atoms with Crippen LogP contribution in [0.3, 0.4) is 0 Å². The van der Waals surface area contributed by atoms with Crippen LogP contribution >= 0.6 is 11.8 Å². The minimum atomic E-state index is -0.255. The number of H-pyrrole nitrogens is 1. The predicted octanol–water partition coefficient (Wildman–Crippen LogP) is 0.586. The van der Waals surface area contributed by atoms with Crippen molar-refractivity contribution >= 4 is 23.5 Å². The lowest BCUT2D eigenvalue weighted by molar-refractivity contribution is -0.128. The third-order valence-electron chi connectivity index (χ3n) is 5.06. The molecule has 28 heavy (non-hydrogen) atoms. The summed E-state index contributed by atoms with van der Waals surface area (Å²) in [6, 6.07) is 5.85. The van der Waals surface area contributed by atoms with Gasteiger partial charge < -0.3 is 14.5 Å². The molecular formula is C18H24N6O3S. The van der Waals surface area contributed by atoms with Crippen molar-refractivity contribution in [3.05, 3.63) is 34.9 Å². The molecule has 4 heterocycles. The van der Waals surface area contributed by atoms with E-state index in [1.54, 1.807) is 10.8 Å². The number of aromatic nitrogens is 4. The van der Waals surface area contributed by atoms with E-state index in [2.05, 4.69) is 20.1 Å². The van der Waals surface area contributed by atoms with Crippen molar-refractivity contribution in [3.63, 3.8) is 0 Å². The number of hydrogen-bond acceptors (Lipinski definition) is 7. The topological polar surface area (TPSA) is 96.3 Å². The smallest absolute Gasteiger partial charge is 0.344 e. The Labute approximate surface area is 167 Å². The van der Waals surface area contributed by atoms with Crippen molar-refractivity contribution < 1.29 is 9.53 Å². The van der Waals surface area contributed by atoms with Crippen LogP contribution in [0, 0.1) is 0 Å². The summed E-state index contributed by atoms with van der Waals surface area (Å²) in [5.41, 5.74) is -0.255. The van der Waals surface area contributed by atoms with Gasteiger partial charge in [-0.05, 0) is 25.0 Å². The molecule has 4 rings (SSSR count). The normalized spacial score (nSPS) is 19.9. The molecule has 1 amide bonds. The van der Waals surface area contributed by atoms with E-state index in [1.165, 1.54) is 11.8 Å². The molecule has 9 nitrogen and oxygen atoms in total. The van der Waals surface area contributed by atoms with Crippen molar-refractivity contribution in [2.24, 2.45) is 0 Å². The van der Waals surface area contributed by atoms with Crippen LogP contribution in [0.4, 0.5) is 5.82 Å². The summed E-state index contributed by atoms with van der Waals surface area (Å²) < 4.78 is 7.18. The van der Waals surface area contributed by atoms with E-state index in [0.29, 0.717) is 24.8 Å². The lowest BCUT2D eigenvalue weighted by atomic mass is 10.2. The average molecular weight is 404 g/mol. The van der Waals surface area contributed by atoms with Crippen LogP contribution in [0.5, 0.6) is 0 Å². The number of nitrogens with one attached hydrogen (secondary N) is 1. The molecule has 0 aromatic carbocycles. The molecule has 0 unspecified atom stereocenters. The second-order valence-corrected chi connectivity index (χ2v) is 7.84. The molecule has 0 spiro atoms. The minimum absolute atomic E-state index is 0.0463. The summed E-state index contributed by atoms with van der Waals surface area (Å²) >= 11 is 1.30. The fraction of sp³-hybridized carbons (Fsp3) is 0.556. The van der Waals surface area contributed by atoms with Crippen LogP contribution in [0.2, 0.25) is 0 Å². The van der Waals surface area contributed by atoms with Gasteiger partial charge in [0.1, 0.15) is 5.82 Å². The lowest BCUT2D eigenvalue weighted by Crippen LogP contribution is -2.49. The molecule has 2 aromatic rings. The molecule has 2 aliphatic rings. The number of piperazine rings is 1. The number of amides is 1. The number of rotatable bonds is 6. The van der Waals surface area contributed by atoms with Crippen molar-refractivity contribution in [1.29, 1.82) is 0 Å². The fourth-order valence-electron chi connectivity index (χ4n) is 3.51. The van der Waals surface area contributed by atoms with Crippen LogP contribution < -0.4 is 10.6 Å². The monoisotopic (exact) mass is 404 g/mol. The Balaban J connectivity index is 1.29. The second-order valence-electron chi connectivity index (χ2n) is 6.90. The van der Waals surface area contributed by atoms with Crippen LogP contribution in [0.1, 0.15) is 12.8 Å². The molecule has 2 fully saturated rings. The van der Waals surface area contributed by atoms with Crippen LogP contribution in [-0.4, -0.2) is 75.2 Å². The molecule has 1 N–H and O–H groups in total. The summed E-state index contributed by atoms with van der Waals surface area (Å²) in [6.45, 7) is 4.08. The SMILES string of the molecule is O=C(CSc1n[nH]c(=O)n1C[C@H]1CCCO1)N1CCN(c2ccccn2)CC1. The van der Waals surface area contributed by atoms with Crippen LogP contribution in [-0.2, 0) is 16.1 Å². The van der Waals surface area contributed by atoms with E-state index >= 15 is 0 Å². The number of anilines is 1. The predicted molar refractivity (Wildman–Crippen MR) is 106 cm³/mol. The van der Waals surface area contributed by atoms with E-state index in [0.717, 1.165) is 38.4 Å². The highest BCUT2D eigenvalue weighted by Crippen LogP contribution is 2.19. The van der Waals surface area contributed by atoms with E-state index in [1.807, 2.05) is 23.1 Å². The van der Waals surface area contributed by atoms with E-state index in [-0.39, 0.29) is 23.5 Å². The van der Waals surface area contributed by atoms with Gasteiger partial charge >= 0.3 is 5.69 Å². The van der Waals surface area contributed by atoms with Crippen molar-refractivity contribution in [1.82, 2.24) is 24.6 Å². The number of carbonyl (C=O) groups is 1. The summed E-state index contributed by atoms with van der Waals surface area (Å²) in [4.78, 5) is 33.0. The van der Waals surface area contributed by atoms with Gasteiger partial charge in [0, 0.05) is 39.0 Å². The third-order valence-corrected chi connectivity index (χ3v) is 6.02. The molecule has 150 valence electrons. The molecule has 0 radical (unpaired) electrons. The van der Waals surface area contributed by atoms with E-state index < -0.39 is 0 Å². The molecule has 1 atom stereocenters. The maximum atomic E-state index is 12.6. The number of thioether (sulfide) groups is 1. The van der Waals surface area contributed by atoms with Gasteiger partial charge in [-0.1, -0.05) is 17.8 Å². The van der Waals surface area contributed by atoms with Crippen LogP contribution in [0.15, 0.2) is 34.3 Å². The zero-order chi connectivity index (χ0) is 19.3. The lowest BCUT2D eigenvalue weighted by Gasteiger charge is -2.35. The Bertz CT molecular complexity index is 841. The number of hydrogen-bond donors (Lipinski definition) is 1. The van der Waals surface area contributed by atoms with Crippen molar-refractivity contribution in [3.8, 4) is 0 Å². The number of nitrogens with zero attached hydrogens (tertiary/aromatic N) is 5. The summed E-state index contributed by atoms with van der Waals surface area (Å²) in [6.07, 6.45) is 3.79. The largest absolute Gasteiger partial charge is 0.376 e. The maximum Gasteiger partial charge on any atom is 0.344 e. The highest BCUT2D eigenvalue weighted by Gasteiger charge is 2.24. The second kappa shape index (κ2) is 8.78. The van der Waals surface area contributed by atoms with Gasteiger partial charge in [0.05, 0.1) is 18.4 Å². The Kier molecular flexibility index (Phi) is 5.96. The zero-order valence-corrected chi connectivity index (χ0v) is 16.4. The highest BCUT2D eigenvalue weighted by molar-refractivity contribution is 7.99. The Morgan fingerprint density at radius 1 is 1.29 bits per heavy atom. The van der Waals surface area contributed by atoms with Gasteiger partial charge in [-0.2, -0.15) is 0 Å². The Morgan fingerprint density at radius 2 is 2.14 bits per heavy atom. The van der Waals surface area contributed by atoms with Gasteiger partial charge in [0.25, 0.3) is 0 Å². The first-order valence-electron chi connectivity index (χ1n) is 9.54. The van der Waals surface area contributed by atoms with Gasteiger partial charge in [-0.3, -0.25) is 9.36 Å². The number of ether oxygens (including phenoxy) is 1. The molecule has 0 aliphatic carbocycles. The molecule has 10 heteroatoms. The Hall–Kier alpha value is -2.33. The molecule has 0 saturated carbocycles. The summed E-state index contributed by atoms with van der Waals surface area (Å²) in [7, 11) is 0. The van der Waals surface area contributed by atoms with Crippen molar-refractivity contribution in [2.45, 2.75) is 30.6 Å². The number of carbonyl (C=O) groups excluding carboxylic acids is 1. The molecule has 2 saturated heterocycles. The fourth-order valence-corrected chi connectivity index (χ4v) is 4.37. The Morgan fingerprint density at radius 3 is 2.86 bits per heavy atom. The first kappa shape index (κ1) is 19.0. The first-order valence-corrected chi connectivity index (χ1v) is 10.5. The summed E-state index contributed by atoms with van der Waals surface area (Å²) in [5, 5.41) is 7.10. The van der Waals surface area contributed by atoms with Crippen molar-refractivity contribution in [2.75, 3.05) is 43.4 Å². The van der Waals surface area contributed by atoms with Gasteiger partial charge in [0.15, 0.2) is 5.16 Å². The quantitative estimate of drug-likeness (QED) is 0.704. The maximum absolute atomic E-state index is 12.6. The van der Waals surface area contributed by atoms with Gasteiger partial charge in [-0.25, -0.2) is 14.9 Å². The number of pyridine rings is 1. The standard InChI is InChI=1S/C18H24N6O3S/c25-16(23-9-7-22(8-10-23)15-5-1-2-6-19-15)13-28-18-21-20-17(26)24(18)12-14-4-3-11-27-14/h1-2,5-6,14H,3-4,7-13H2,(H,20,26)/t14-/m1/s1. The first-order chi connectivity index (χ1) is 13.7. The van der Waals surface area contributed by atoms with Gasteiger partial charge in [0.2, 0.25) is 5.91 Å². The van der Waals surface area contributed by atoms with Crippen LogP contribution in [0.25, 0.3) is 0 Å². The summed E-state index contributed by atoms with van der Waals surface area (Å²) in [5.74, 6) is 1.27. The van der Waals surface area contributed by atoms with E-state index in [4.69, 9.17) is 4.74 Å². The molecular weight excluding hydrogens is 380 g/mol. The molecule has 0 bridgehead atoms. The molecule has 2 aromatic heterocycles. The average Bonchev–Trinajstić information content (AvgIpc) is 3.38. The number of aromatic amines is 1. The minimum Gasteiger partial charge on any atom is -0.376 e. The third kappa shape index (κ3) is 4.39.